The van der Waals surface area contributed by atoms with Gasteiger partial charge in [-0.05, 0) is 26.0 Å². The molecule has 1 amide bonds. The van der Waals surface area contributed by atoms with Crippen LogP contribution in [0, 0.1) is 6.92 Å². The fourth-order valence-electron chi connectivity index (χ4n) is 1.69. The molecule has 0 aromatic carbocycles. The van der Waals surface area contributed by atoms with Gasteiger partial charge >= 0.3 is 0 Å². The minimum atomic E-state index is -0.337. The maximum Gasteiger partial charge on any atom is 0.271 e. The number of hydrogen-bond donors (Lipinski definition) is 2. The lowest BCUT2D eigenvalue weighted by Crippen LogP contribution is -2.27. The molecule has 0 saturated heterocycles. The molecule has 2 rings (SSSR count). The smallest absolute Gasteiger partial charge is 0.271 e. The van der Waals surface area contributed by atoms with Crippen LogP contribution in [0.5, 0.6) is 0 Å². The fourth-order valence-corrected chi connectivity index (χ4v) is 1.88. The van der Waals surface area contributed by atoms with Gasteiger partial charge < -0.3 is 15.2 Å². The van der Waals surface area contributed by atoms with E-state index in [1.54, 1.807) is 19.1 Å². The summed E-state index contributed by atoms with van der Waals surface area (Å²) in [5, 5.41) is 9.74. The number of rotatable bonds is 6. The van der Waals surface area contributed by atoms with Crippen LogP contribution in [0.4, 0.5) is 5.82 Å². The molecule has 2 N–H and O–H groups in total. The zero-order valence-corrected chi connectivity index (χ0v) is 12.6. The second-order valence-electron chi connectivity index (χ2n) is 4.30. The molecule has 0 spiro atoms. The van der Waals surface area contributed by atoms with Crippen molar-refractivity contribution in [3.63, 3.8) is 0 Å². The Morgan fingerprint density at radius 3 is 2.86 bits per heavy atom. The van der Waals surface area contributed by atoms with Gasteiger partial charge in [0.15, 0.2) is 5.82 Å². The molecule has 0 saturated carbocycles. The molecule has 7 nitrogen and oxygen atoms in total. The topological polar surface area (TPSA) is 92.9 Å². The number of aryl methyl sites for hydroxylation is 1. The average Bonchev–Trinajstić information content (AvgIpc) is 2.87. The van der Waals surface area contributed by atoms with E-state index in [1.165, 1.54) is 0 Å². The number of hydrogen-bond acceptors (Lipinski definition) is 6. The minimum absolute atomic E-state index is 0.192. The van der Waals surface area contributed by atoms with Gasteiger partial charge in [-0.2, -0.15) is 4.98 Å². The highest BCUT2D eigenvalue weighted by Crippen LogP contribution is 2.16. The van der Waals surface area contributed by atoms with Gasteiger partial charge in [0.05, 0.1) is 5.02 Å². The van der Waals surface area contributed by atoms with Gasteiger partial charge in [-0.25, -0.2) is 4.98 Å². The third-order valence-corrected chi connectivity index (χ3v) is 2.92. The predicted octanol–water partition coefficient (Wildman–Crippen LogP) is 1.83. The molecule has 0 aliphatic carbocycles. The van der Waals surface area contributed by atoms with Crippen LogP contribution in [-0.2, 0) is 6.42 Å². The van der Waals surface area contributed by atoms with Crippen LogP contribution in [0.3, 0.4) is 0 Å². The zero-order valence-electron chi connectivity index (χ0n) is 11.8. The number of nitrogens with zero attached hydrogens (tertiary/aromatic N) is 3. The summed E-state index contributed by atoms with van der Waals surface area (Å²) in [4.78, 5) is 20.3. The molecule has 0 unspecified atom stereocenters. The Bertz CT molecular complexity index is 629. The van der Waals surface area contributed by atoms with Crippen molar-refractivity contribution in [2.45, 2.75) is 20.3 Å². The Balaban J connectivity index is 1.94. The van der Waals surface area contributed by atoms with E-state index in [1.807, 2.05) is 6.92 Å². The molecule has 2 aromatic rings. The highest BCUT2D eigenvalue weighted by Gasteiger charge is 2.13. The van der Waals surface area contributed by atoms with E-state index in [2.05, 4.69) is 25.8 Å². The van der Waals surface area contributed by atoms with Crippen molar-refractivity contribution in [3.8, 4) is 0 Å². The summed E-state index contributed by atoms with van der Waals surface area (Å²) in [6.07, 6.45) is 0.455. The number of carbonyl (C=O) groups excluding carboxylic acids is 1. The standard InChI is InChI=1S/C13H16ClN5O2/c1-3-15-10-5-4-9(14)12(18-10)13(20)16-7-6-11-17-8(2)19-21-11/h4-5H,3,6-7H2,1-2H3,(H,15,18)(H,16,20). The SMILES string of the molecule is CCNc1ccc(Cl)c(C(=O)NCCc2nc(C)no2)n1. The number of pyridine rings is 1. The number of amides is 1. The summed E-state index contributed by atoms with van der Waals surface area (Å²) in [5.74, 6) is 1.32. The fraction of sp³-hybridized carbons (Fsp3) is 0.385. The lowest BCUT2D eigenvalue weighted by Gasteiger charge is -2.08. The van der Waals surface area contributed by atoms with Gasteiger partial charge in [-0.1, -0.05) is 16.8 Å². The van der Waals surface area contributed by atoms with Gasteiger partial charge in [-0.15, -0.1) is 0 Å². The largest absolute Gasteiger partial charge is 0.370 e. The van der Waals surface area contributed by atoms with Crippen molar-refractivity contribution in [2.75, 3.05) is 18.4 Å². The van der Waals surface area contributed by atoms with Crippen molar-refractivity contribution < 1.29 is 9.32 Å². The normalized spacial score (nSPS) is 10.4. The van der Waals surface area contributed by atoms with Crippen LogP contribution < -0.4 is 10.6 Å². The van der Waals surface area contributed by atoms with Crippen LogP contribution in [0.15, 0.2) is 16.7 Å². The molecule has 0 fully saturated rings. The Morgan fingerprint density at radius 1 is 1.38 bits per heavy atom. The van der Waals surface area contributed by atoms with Crippen molar-refractivity contribution in [1.29, 1.82) is 0 Å². The van der Waals surface area contributed by atoms with Crippen molar-refractivity contribution in [1.82, 2.24) is 20.4 Å². The monoisotopic (exact) mass is 309 g/mol. The van der Waals surface area contributed by atoms with E-state index in [9.17, 15) is 4.79 Å². The Kier molecular flexibility index (Phi) is 5.10. The lowest BCUT2D eigenvalue weighted by atomic mass is 10.3. The number of anilines is 1. The summed E-state index contributed by atoms with van der Waals surface area (Å²) in [7, 11) is 0. The van der Waals surface area contributed by atoms with Crippen LogP contribution in [-0.4, -0.2) is 34.1 Å². The number of halogens is 1. The molecular formula is C13H16ClN5O2. The Hall–Kier alpha value is -2.15. The highest BCUT2D eigenvalue weighted by atomic mass is 35.5. The quantitative estimate of drug-likeness (QED) is 0.845. The number of carbonyl (C=O) groups is 1. The number of nitrogens with one attached hydrogen (secondary N) is 2. The predicted molar refractivity (Wildman–Crippen MR) is 78.5 cm³/mol. The minimum Gasteiger partial charge on any atom is -0.370 e. The third-order valence-electron chi connectivity index (χ3n) is 2.61. The second-order valence-corrected chi connectivity index (χ2v) is 4.71. The Labute approximate surface area is 127 Å². The van der Waals surface area contributed by atoms with Gasteiger partial charge in [-0.3, -0.25) is 4.79 Å². The summed E-state index contributed by atoms with van der Waals surface area (Å²) in [5.41, 5.74) is 0.192. The van der Waals surface area contributed by atoms with Crippen molar-refractivity contribution in [2.24, 2.45) is 0 Å². The van der Waals surface area contributed by atoms with Crippen molar-refractivity contribution in [3.05, 3.63) is 34.6 Å². The van der Waals surface area contributed by atoms with E-state index in [0.29, 0.717) is 42.1 Å². The summed E-state index contributed by atoms with van der Waals surface area (Å²) < 4.78 is 4.96. The van der Waals surface area contributed by atoms with Gasteiger partial charge in [0.2, 0.25) is 5.89 Å². The summed E-state index contributed by atoms with van der Waals surface area (Å²) in [6.45, 7) is 4.76. The molecule has 8 heteroatoms. The first-order chi connectivity index (χ1) is 10.1. The molecule has 0 bridgehead atoms. The zero-order chi connectivity index (χ0) is 15.2. The van der Waals surface area contributed by atoms with E-state index >= 15 is 0 Å². The summed E-state index contributed by atoms with van der Waals surface area (Å²) >= 11 is 6.00. The van der Waals surface area contributed by atoms with Gasteiger partial charge in [0.1, 0.15) is 11.5 Å². The third kappa shape index (κ3) is 4.16. The molecule has 0 aliphatic rings. The molecule has 2 heterocycles. The first kappa shape index (κ1) is 15.2. The molecule has 0 aliphatic heterocycles. The molecule has 0 radical (unpaired) electrons. The average molecular weight is 310 g/mol. The molecule has 2 aromatic heterocycles. The maximum absolute atomic E-state index is 12.1. The number of aromatic nitrogens is 3. The molecular weight excluding hydrogens is 294 g/mol. The maximum atomic E-state index is 12.1. The van der Waals surface area contributed by atoms with Crippen LogP contribution in [0.25, 0.3) is 0 Å². The molecule has 21 heavy (non-hydrogen) atoms. The first-order valence-corrected chi connectivity index (χ1v) is 6.95. The van der Waals surface area contributed by atoms with Gasteiger partial charge in [0.25, 0.3) is 5.91 Å². The Morgan fingerprint density at radius 2 is 2.19 bits per heavy atom. The van der Waals surface area contributed by atoms with Gasteiger partial charge in [0, 0.05) is 19.5 Å². The second kappa shape index (κ2) is 7.03. The first-order valence-electron chi connectivity index (χ1n) is 6.58. The van der Waals surface area contributed by atoms with Crippen molar-refractivity contribution >= 4 is 23.3 Å². The summed E-state index contributed by atoms with van der Waals surface area (Å²) in [6, 6.07) is 3.37. The van der Waals surface area contributed by atoms with Crippen LogP contribution >= 0.6 is 11.6 Å². The van der Waals surface area contributed by atoms with E-state index in [-0.39, 0.29) is 11.6 Å². The lowest BCUT2D eigenvalue weighted by molar-refractivity contribution is 0.0948. The van der Waals surface area contributed by atoms with E-state index in [0.717, 1.165) is 0 Å². The molecule has 112 valence electrons. The molecule has 0 atom stereocenters. The van der Waals surface area contributed by atoms with E-state index < -0.39 is 0 Å². The van der Waals surface area contributed by atoms with Crippen LogP contribution in [0.1, 0.15) is 29.1 Å². The van der Waals surface area contributed by atoms with E-state index in [4.69, 9.17) is 16.1 Å². The highest BCUT2D eigenvalue weighted by molar-refractivity contribution is 6.33. The van der Waals surface area contributed by atoms with Crippen LogP contribution in [0.2, 0.25) is 5.02 Å².